The molecule has 0 aromatic heterocycles. The Morgan fingerprint density at radius 3 is 2.19 bits per heavy atom. The molecule has 0 unspecified atom stereocenters. The predicted octanol–water partition coefficient (Wildman–Crippen LogP) is 4.06. The molecule has 0 aliphatic carbocycles. The molecule has 2 rings (SSSR count). The molecule has 0 aliphatic heterocycles. The van der Waals surface area contributed by atoms with E-state index in [1.165, 1.54) is 24.8 Å². The van der Waals surface area contributed by atoms with Crippen molar-refractivity contribution in [3.05, 3.63) is 60.2 Å². The normalized spacial score (nSPS) is 8.81. The van der Waals surface area contributed by atoms with Crippen LogP contribution >= 0.6 is 12.6 Å². The second-order valence-corrected chi connectivity index (χ2v) is 3.88. The first kappa shape index (κ1) is 15.6. The first-order valence-corrected chi connectivity index (χ1v) is 6.05. The third-order valence-corrected chi connectivity index (χ3v) is 2.48. The van der Waals surface area contributed by atoms with Gasteiger partial charge in [-0.15, -0.1) is 0 Å². The van der Waals surface area contributed by atoms with Crippen LogP contribution < -0.4 is 0 Å². The smallest absolute Gasteiger partial charge is 0.214 e. The molecule has 0 saturated heterocycles. The van der Waals surface area contributed by atoms with Gasteiger partial charge in [-0.25, -0.2) is 24.3 Å². The topological polar surface area (TPSA) is 0 Å². The third kappa shape index (κ3) is 7.81. The molecule has 88 valence electrons. The number of aryl methyl sites for hydroxylation is 1. The molecule has 2 heteroatoms. The summed E-state index contributed by atoms with van der Waals surface area (Å²) in [6, 6.07) is 18.5. The summed E-state index contributed by atoms with van der Waals surface area (Å²) in [7, 11) is 0. The van der Waals surface area contributed by atoms with E-state index < -0.39 is 0 Å². The number of hydrogen-bond donors (Lipinski definition) is 1. The number of unbranched alkanes of at least 4 members (excludes halogenated alkanes) is 1. The molecule has 0 fully saturated rings. The van der Waals surface area contributed by atoms with Crippen molar-refractivity contribution in [3.8, 4) is 0 Å². The zero-order valence-corrected chi connectivity index (χ0v) is 11.3. The van der Waals surface area contributed by atoms with Crippen molar-refractivity contribution in [1.29, 1.82) is 0 Å². The minimum atomic E-state index is 0. The summed E-state index contributed by atoms with van der Waals surface area (Å²) in [5.41, 5.74) is 1.46. The van der Waals surface area contributed by atoms with Gasteiger partial charge in [-0.05, 0) is 12.2 Å². The molecule has 0 atom stereocenters. The van der Waals surface area contributed by atoms with Crippen LogP contribution in [0.2, 0.25) is 0 Å². The van der Waals surface area contributed by atoms with Gasteiger partial charge in [0, 0.05) is 0 Å². The SMILES string of the molecule is SCCCCc1ccc[cH-]1.[Fe+2].c1cc[cH-]c1. The van der Waals surface area contributed by atoms with Crippen LogP contribution in [0.3, 0.4) is 0 Å². The van der Waals surface area contributed by atoms with E-state index in [2.05, 4.69) is 36.9 Å². The van der Waals surface area contributed by atoms with Crippen LogP contribution in [0, 0.1) is 0 Å². The largest absolute Gasteiger partial charge is 2.00 e. The maximum atomic E-state index is 4.15. The van der Waals surface area contributed by atoms with Gasteiger partial charge in [0.15, 0.2) is 0 Å². The molecule has 0 aliphatic rings. The second-order valence-electron chi connectivity index (χ2n) is 3.44. The fraction of sp³-hybridized carbons (Fsp3) is 0.286. The van der Waals surface area contributed by atoms with E-state index in [1.807, 2.05) is 30.3 Å². The van der Waals surface area contributed by atoms with Gasteiger partial charge in [-0.3, -0.25) is 0 Å². The van der Waals surface area contributed by atoms with Crippen LogP contribution in [0.5, 0.6) is 0 Å². The van der Waals surface area contributed by atoms with Gasteiger partial charge in [0.2, 0.25) is 0 Å². The van der Waals surface area contributed by atoms with Crippen molar-refractivity contribution in [1.82, 2.24) is 0 Å². The molecule has 0 spiro atoms. The van der Waals surface area contributed by atoms with Crippen molar-refractivity contribution in [2.75, 3.05) is 5.75 Å². The van der Waals surface area contributed by atoms with Gasteiger partial charge in [-0.1, -0.05) is 12.8 Å². The van der Waals surface area contributed by atoms with E-state index in [-0.39, 0.29) is 17.1 Å². The number of rotatable bonds is 4. The summed E-state index contributed by atoms with van der Waals surface area (Å²) < 4.78 is 0. The first-order chi connectivity index (χ1) is 7.43. The number of hydrogen-bond acceptors (Lipinski definition) is 1. The second kappa shape index (κ2) is 11.1. The van der Waals surface area contributed by atoms with Crippen LogP contribution in [-0.2, 0) is 23.5 Å². The average molecular weight is 274 g/mol. The molecular formula is C14H18FeS. The Hall–Kier alpha value is -0.431. The van der Waals surface area contributed by atoms with Crippen LogP contribution in [0.25, 0.3) is 0 Å². The summed E-state index contributed by atoms with van der Waals surface area (Å²) in [5, 5.41) is 0. The van der Waals surface area contributed by atoms with E-state index in [1.54, 1.807) is 0 Å². The van der Waals surface area contributed by atoms with Crippen molar-refractivity contribution >= 4 is 12.6 Å². The quantitative estimate of drug-likeness (QED) is 0.369. The predicted molar refractivity (Wildman–Crippen MR) is 70.9 cm³/mol. The fourth-order valence-corrected chi connectivity index (χ4v) is 1.57. The van der Waals surface area contributed by atoms with Gasteiger partial charge >= 0.3 is 17.1 Å². The minimum Gasteiger partial charge on any atom is -0.214 e. The summed E-state index contributed by atoms with van der Waals surface area (Å²) in [5.74, 6) is 1.01. The molecular weight excluding hydrogens is 256 g/mol. The molecule has 0 amide bonds. The van der Waals surface area contributed by atoms with E-state index in [0.717, 1.165) is 5.75 Å². The van der Waals surface area contributed by atoms with E-state index >= 15 is 0 Å². The van der Waals surface area contributed by atoms with Crippen LogP contribution in [-0.4, -0.2) is 5.75 Å². The Bertz CT molecular complexity index is 280. The van der Waals surface area contributed by atoms with Crippen molar-refractivity contribution in [2.24, 2.45) is 0 Å². The Morgan fingerprint density at radius 1 is 1.00 bits per heavy atom. The van der Waals surface area contributed by atoms with Crippen LogP contribution in [0.15, 0.2) is 54.6 Å². The number of thiol groups is 1. The fourth-order valence-electron chi connectivity index (χ4n) is 1.34. The Balaban J connectivity index is 0.000000318. The van der Waals surface area contributed by atoms with Gasteiger partial charge in [-0.2, -0.15) is 48.5 Å². The zero-order valence-electron chi connectivity index (χ0n) is 9.33. The molecule has 0 radical (unpaired) electrons. The molecule has 0 saturated carbocycles. The Morgan fingerprint density at radius 2 is 1.75 bits per heavy atom. The summed E-state index contributed by atoms with van der Waals surface area (Å²) in [6.45, 7) is 0. The van der Waals surface area contributed by atoms with E-state index in [9.17, 15) is 0 Å². The van der Waals surface area contributed by atoms with Gasteiger partial charge in [0.1, 0.15) is 0 Å². The maximum absolute atomic E-state index is 4.15. The molecule has 0 heterocycles. The van der Waals surface area contributed by atoms with E-state index in [0.29, 0.717) is 0 Å². The third-order valence-electron chi connectivity index (χ3n) is 2.16. The zero-order chi connectivity index (χ0) is 10.8. The Labute approximate surface area is 115 Å². The summed E-state index contributed by atoms with van der Waals surface area (Å²) >= 11 is 4.15. The average Bonchev–Trinajstić information content (AvgIpc) is 2.94. The van der Waals surface area contributed by atoms with Gasteiger partial charge < -0.3 is 0 Å². The molecule has 0 N–H and O–H groups in total. The summed E-state index contributed by atoms with van der Waals surface area (Å²) in [6.07, 6.45) is 3.72. The van der Waals surface area contributed by atoms with E-state index in [4.69, 9.17) is 0 Å². The molecule has 2 aromatic carbocycles. The first-order valence-electron chi connectivity index (χ1n) is 5.41. The van der Waals surface area contributed by atoms with Crippen molar-refractivity contribution in [2.45, 2.75) is 19.3 Å². The molecule has 0 nitrogen and oxygen atoms in total. The van der Waals surface area contributed by atoms with Crippen LogP contribution in [0.1, 0.15) is 18.4 Å². The molecule has 16 heavy (non-hydrogen) atoms. The molecule has 2 aromatic rings. The standard InChI is InChI=1S/C9H13S.C5H5.Fe/c10-8-4-3-7-9-5-1-2-6-9;1-2-4-5-3-1;/h1-2,5-6,10H,3-4,7-8H2;1-5H;/q2*-1;+2. The van der Waals surface area contributed by atoms with Gasteiger partial charge in [0.25, 0.3) is 0 Å². The van der Waals surface area contributed by atoms with Gasteiger partial charge in [0.05, 0.1) is 0 Å². The molecule has 0 bridgehead atoms. The monoisotopic (exact) mass is 274 g/mol. The minimum absolute atomic E-state index is 0. The van der Waals surface area contributed by atoms with Crippen molar-refractivity contribution in [3.63, 3.8) is 0 Å². The summed E-state index contributed by atoms with van der Waals surface area (Å²) in [4.78, 5) is 0. The van der Waals surface area contributed by atoms with Crippen molar-refractivity contribution < 1.29 is 17.1 Å². The Kier molecular flexibility index (Phi) is 10.8. The van der Waals surface area contributed by atoms with Crippen LogP contribution in [0.4, 0.5) is 0 Å². The maximum Gasteiger partial charge on any atom is 2.00 e.